The second-order valence-corrected chi connectivity index (χ2v) is 5.72. The van der Waals surface area contributed by atoms with Crippen LogP contribution in [0.1, 0.15) is 25.3 Å². The molecular weight excluding hydrogens is 246 g/mol. The topological polar surface area (TPSA) is 21.3 Å². The first kappa shape index (κ1) is 13.9. The number of nitrogens with one attached hydrogen (secondary N) is 1. The van der Waals surface area contributed by atoms with Gasteiger partial charge in [0, 0.05) is 23.6 Å². The van der Waals surface area contributed by atoms with Crippen LogP contribution in [0.5, 0.6) is 0 Å². The van der Waals surface area contributed by atoms with Crippen molar-refractivity contribution < 1.29 is 4.74 Å². The first-order valence-corrected chi connectivity index (χ1v) is 7.15. The zero-order valence-corrected chi connectivity index (χ0v) is 11.8. The van der Waals surface area contributed by atoms with Crippen molar-refractivity contribution >= 4 is 11.6 Å². The molecule has 0 spiro atoms. The lowest BCUT2D eigenvalue weighted by molar-refractivity contribution is 0.149. The minimum Gasteiger partial charge on any atom is -0.381 e. The van der Waals surface area contributed by atoms with Gasteiger partial charge in [0.1, 0.15) is 0 Å². The molecule has 1 aromatic carbocycles. The van der Waals surface area contributed by atoms with Gasteiger partial charge in [-0.2, -0.15) is 0 Å². The molecule has 0 radical (unpaired) electrons. The van der Waals surface area contributed by atoms with Crippen molar-refractivity contribution in [2.75, 3.05) is 26.3 Å². The predicted octanol–water partition coefficient (Wildman–Crippen LogP) is 3.29. The highest BCUT2D eigenvalue weighted by Gasteiger charge is 2.34. The first-order chi connectivity index (χ1) is 8.74. The smallest absolute Gasteiger partial charge is 0.0538 e. The van der Waals surface area contributed by atoms with E-state index in [0.717, 1.165) is 44.2 Å². The van der Waals surface area contributed by atoms with Crippen molar-refractivity contribution in [2.45, 2.75) is 26.2 Å². The molecule has 2 nitrogen and oxygen atoms in total. The Morgan fingerprint density at radius 3 is 3.00 bits per heavy atom. The molecule has 1 heterocycles. The van der Waals surface area contributed by atoms with Gasteiger partial charge >= 0.3 is 0 Å². The summed E-state index contributed by atoms with van der Waals surface area (Å²) in [6.45, 7) is 6.05. The highest BCUT2D eigenvalue weighted by molar-refractivity contribution is 6.30. The van der Waals surface area contributed by atoms with Crippen molar-refractivity contribution in [3.8, 4) is 0 Å². The molecule has 100 valence electrons. The van der Waals surface area contributed by atoms with Crippen molar-refractivity contribution in [3.05, 3.63) is 34.9 Å². The fourth-order valence-electron chi connectivity index (χ4n) is 2.60. The van der Waals surface area contributed by atoms with E-state index < -0.39 is 0 Å². The molecule has 1 aliphatic rings. The van der Waals surface area contributed by atoms with Crippen LogP contribution < -0.4 is 5.32 Å². The molecule has 0 aliphatic carbocycles. The Balaban J connectivity index is 2.01. The SMILES string of the molecule is CCCNCC1(Cc2cccc(Cl)c2)CCOC1. The van der Waals surface area contributed by atoms with E-state index >= 15 is 0 Å². The van der Waals surface area contributed by atoms with Gasteiger partial charge in [0.25, 0.3) is 0 Å². The summed E-state index contributed by atoms with van der Waals surface area (Å²) in [5, 5.41) is 4.36. The molecule has 3 heteroatoms. The van der Waals surface area contributed by atoms with Crippen LogP contribution in [0, 0.1) is 5.41 Å². The van der Waals surface area contributed by atoms with Crippen LogP contribution in [0.25, 0.3) is 0 Å². The number of hydrogen-bond acceptors (Lipinski definition) is 2. The lowest BCUT2D eigenvalue weighted by Crippen LogP contribution is -2.37. The molecule has 1 N–H and O–H groups in total. The third-order valence-electron chi connectivity index (χ3n) is 3.58. The highest BCUT2D eigenvalue weighted by Crippen LogP contribution is 2.32. The highest BCUT2D eigenvalue weighted by atomic mass is 35.5. The lowest BCUT2D eigenvalue weighted by Gasteiger charge is -2.28. The van der Waals surface area contributed by atoms with Crippen molar-refractivity contribution in [1.29, 1.82) is 0 Å². The molecule has 1 atom stereocenters. The van der Waals surface area contributed by atoms with Crippen LogP contribution in [0.3, 0.4) is 0 Å². The normalized spacial score (nSPS) is 23.4. The number of benzene rings is 1. The van der Waals surface area contributed by atoms with Gasteiger partial charge in [-0.1, -0.05) is 30.7 Å². The molecule has 1 aromatic rings. The Kier molecular flexibility index (Phi) is 5.04. The molecule has 0 amide bonds. The number of rotatable bonds is 6. The monoisotopic (exact) mass is 267 g/mol. The minimum atomic E-state index is 0.250. The van der Waals surface area contributed by atoms with Gasteiger partial charge in [-0.25, -0.2) is 0 Å². The van der Waals surface area contributed by atoms with Gasteiger partial charge in [0.15, 0.2) is 0 Å². The van der Waals surface area contributed by atoms with E-state index in [0.29, 0.717) is 0 Å². The molecule has 1 unspecified atom stereocenters. The van der Waals surface area contributed by atoms with Crippen LogP contribution in [0.15, 0.2) is 24.3 Å². The molecule has 0 bridgehead atoms. The average Bonchev–Trinajstić information content (AvgIpc) is 2.78. The van der Waals surface area contributed by atoms with E-state index in [-0.39, 0.29) is 5.41 Å². The van der Waals surface area contributed by atoms with E-state index in [1.54, 1.807) is 0 Å². The van der Waals surface area contributed by atoms with Gasteiger partial charge in [0.2, 0.25) is 0 Å². The van der Waals surface area contributed by atoms with Crippen LogP contribution in [-0.2, 0) is 11.2 Å². The average molecular weight is 268 g/mol. The summed E-state index contributed by atoms with van der Waals surface area (Å²) in [5.41, 5.74) is 1.56. The van der Waals surface area contributed by atoms with E-state index in [1.807, 2.05) is 12.1 Å². The summed E-state index contributed by atoms with van der Waals surface area (Å²) in [6.07, 6.45) is 3.36. The first-order valence-electron chi connectivity index (χ1n) is 6.77. The Hall–Kier alpha value is -0.570. The van der Waals surface area contributed by atoms with Gasteiger partial charge in [0.05, 0.1) is 6.61 Å². The summed E-state index contributed by atoms with van der Waals surface area (Å²) in [7, 11) is 0. The zero-order valence-electron chi connectivity index (χ0n) is 11.0. The third kappa shape index (κ3) is 3.71. The fraction of sp³-hybridized carbons (Fsp3) is 0.600. The zero-order chi connectivity index (χ0) is 12.8. The summed E-state index contributed by atoms with van der Waals surface area (Å²) in [6, 6.07) is 8.19. The minimum absolute atomic E-state index is 0.250. The van der Waals surface area contributed by atoms with Crippen LogP contribution in [0.2, 0.25) is 5.02 Å². The Labute approximate surface area is 115 Å². The fourth-order valence-corrected chi connectivity index (χ4v) is 2.81. The van der Waals surface area contributed by atoms with E-state index in [2.05, 4.69) is 24.4 Å². The van der Waals surface area contributed by atoms with Crippen molar-refractivity contribution in [3.63, 3.8) is 0 Å². The maximum absolute atomic E-state index is 6.06. The summed E-state index contributed by atoms with van der Waals surface area (Å²) >= 11 is 6.06. The van der Waals surface area contributed by atoms with Gasteiger partial charge in [-0.05, 0) is 43.5 Å². The van der Waals surface area contributed by atoms with Crippen molar-refractivity contribution in [2.24, 2.45) is 5.41 Å². The summed E-state index contributed by atoms with van der Waals surface area (Å²) < 4.78 is 5.62. The van der Waals surface area contributed by atoms with E-state index in [1.165, 1.54) is 12.0 Å². The van der Waals surface area contributed by atoms with Crippen LogP contribution in [0.4, 0.5) is 0 Å². The third-order valence-corrected chi connectivity index (χ3v) is 3.82. The second kappa shape index (κ2) is 6.55. The number of ether oxygens (including phenoxy) is 1. The molecule has 0 saturated carbocycles. The molecule has 18 heavy (non-hydrogen) atoms. The standard InChI is InChI=1S/C15H22ClNO/c1-2-7-17-11-15(6-8-18-12-15)10-13-4-3-5-14(16)9-13/h3-5,9,17H,2,6-8,10-12H2,1H3. The van der Waals surface area contributed by atoms with Crippen LogP contribution >= 0.6 is 11.6 Å². The number of hydrogen-bond donors (Lipinski definition) is 1. The predicted molar refractivity (Wildman–Crippen MR) is 76.2 cm³/mol. The Bertz CT molecular complexity index is 375. The molecular formula is C15H22ClNO. The van der Waals surface area contributed by atoms with Crippen LogP contribution in [-0.4, -0.2) is 26.3 Å². The van der Waals surface area contributed by atoms with Gasteiger partial charge in [-0.15, -0.1) is 0 Å². The summed E-state index contributed by atoms with van der Waals surface area (Å²) in [5.74, 6) is 0. The van der Waals surface area contributed by atoms with Gasteiger partial charge < -0.3 is 10.1 Å². The summed E-state index contributed by atoms with van der Waals surface area (Å²) in [4.78, 5) is 0. The largest absolute Gasteiger partial charge is 0.381 e. The van der Waals surface area contributed by atoms with E-state index in [4.69, 9.17) is 16.3 Å². The second-order valence-electron chi connectivity index (χ2n) is 5.29. The molecule has 1 fully saturated rings. The molecule has 1 saturated heterocycles. The quantitative estimate of drug-likeness (QED) is 0.799. The lowest BCUT2D eigenvalue weighted by atomic mass is 9.81. The maximum Gasteiger partial charge on any atom is 0.0538 e. The molecule has 2 rings (SSSR count). The Morgan fingerprint density at radius 2 is 2.33 bits per heavy atom. The molecule has 1 aliphatic heterocycles. The van der Waals surface area contributed by atoms with E-state index in [9.17, 15) is 0 Å². The van der Waals surface area contributed by atoms with Crippen molar-refractivity contribution in [1.82, 2.24) is 5.32 Å². The van der Waals surface area contributed by atoms with Gasteiger partial charge in [-0.3, -0.25) is 0 Å². The number of halogens is 1. The molecule has 0 aromatic heterocycles. The maximum atomic E-state index is 6.06. The Morgan fingerprint density at radius 1 is 1.44 bits per heavy atom.